The van der Waals surface area contributed by atoms with Gasteiger partial charge in [-0.2, -0.15) is 0 Å². The number of non-ortho nitro benzene ring substituents is 2. The van der Waals surface area contributed by atoms with Crippen molar-refractivity contribution in [3.8, 4) is 5.69 Å². The lowest BCUT2D eigenvalue weighted by Gasteiger charge is -2.08. The Kier molecular flexibility index (Phi) is 6.53. The summed E-state index contributed by atoms with van der Waals surface area (Å²) < 4.78 is 0.550. The molecular weight excluding hydrogens is 510 g/mol. The van der Waals surface area contributed by atoms with Crippen molar-refractivity contribution in [3.63, 3.8) is 0 Å². The van der Waals surface area contributed by atoms with Gasteiger partial charge in [-0.1, -0.05) is 0 Å². The molecule has 0 aliphatic carbocycles. The number of hydrogen-bond donors (Lipinski definition) is 0. The van der Waals surface area contributed by atoms with Crippen molar-refractivity contribution >= 4 is 39.8 Å². The zero-order valence-electron chi connectivity index (χ0n) is 17.5. The van der Waals surface area contributed by atoms with Gasteiger partial charge in [0.25, 0.3) is 11.4 Å². The molecule has 0 radical (unpaired) electrons. The monoisotopic (exact) mass is 517 g/mol. The molecular formula is C16H7N9O12. The molecule has 0 aliphatic heterocycles. The van der Waals surface area contributed by atoms with Crippen molar-refractivity contribution in [1.29, 1.82) is 0 Å². The van der Waals surface area contributed by atoms with Crippen molar-refractivity contribution in [2.45, 2.75) is 0 Å². The smallest absolute Gasteiger partial charge is 0.273 e. The standard InChI is InChI=1S/C16H7N9O12/c26-20(27)8-3-10(22(30)31)15(11(4-8)23(32)33)18-14-1-2-17-7-19(14)16-12(24(34)35)5-9(21(28)29)6-13(16)25(36)37/h1-7H. The molecule has 21 nitrogen and oxygen atoms in total. The van der Waals surface area contributed by atoms with E-state index in [9.17, 15) is 60.7 Å². The zero-order chi connectivity index (χ0) is 27.6. The lowest BCUT2D eigenvalue weighted by atomic mass is 10.2. The Balaban J connectivity index is 2.52. The average Bonchev–Trinajstić information content (AvgIpc) is 2.82. The number of nitro groups is 6. The molecule has 0 saturated heterocycles. The molecule has 0 bridgehead atoms. The first-order valence-corrected chi connectivity index (χ1v) is 9.13. The predicted molar refractivity (Wildman–Crippen MR) is 115 cm³/mol. The lowest BCUT2D eigenvalue weighted by Crippen LogP contribution is -2.21. The Hall–Kier alpha value is -6.28. The first kappa shape index (κ1) is 25.3. The largest absolute Gasteiger partial charge is 0.308 e. The van der Waals surface area contributed by atoms with Gasteiger partial charge in [-0.25, -0.2) is 9.98 Å². The van der Waals surface area contributed by atoms with Gasteiger partial charge in [0.2, 0.25) is 11.4 Å². The number of aromatic nitrogens is 2. The van der Waals surface area contributed by atoms with Crippen LogP contribution in [0.3, 0.4) is 0 Å². The summed E-state index contributed by atoms with van der Waals surface area (Å²) >= 11 is 0. The molecule has 21 heteroatoms. The Labute approximate surface area is 199 Å². The highest BCUT2D eigenvalue weighted by molar-refractivity contribution is 5.74. The molecule has 0 N–H and O–H groups in total. The molecule has 3 rings (SSSR count). The second-order valence-electron chi connectivity index (χ2n) is 6.63. The molecule has 0 unspecified atom stereocenters. The Morgan fingerprint density at radius 2 is 1.03 bits per heavy atom. The van der Waals surface area contributed by atoms with Crippen LogP contribution in [0.15, 0.2) is 47.8 Å². The van der Waals surface area contributed by atoms with Gasteiger partial charge in [0, 0.05) is 6.20 Å². The molecule has 2 aromatic carbocycles. The van der Waals surface area contributed by atoms with E-state index in [1.807, 2.05) is 0 Å². The number of nitro benzene ring substituents is 6. The first-order valence-electron chi connectivity index (χ1n) is 9.13. The Bertz CT molecular complexity index is 1540. The maximum Gasteiger partial charge on any atom is 0.308 e. The van der Waals surface area contributed by atoms with Gasteiger partial charge in [-0.15, -0.1) is 0 Å². The molecule has 0 fully saturated rings. The fraction of sp³-hybridized carbons (Fsp3) is 0. The molecule has 3 aromatic rings. The van der Waals surface area contributed by atoms with Crippen LogP contribution < -0.4 is 5.49 Å². The molecule has 188 valence electrons. The van der Waals surface area contributed by atoms with Gasteiger partial charge < -0.3 is 0 Å². The van der Waals surface area contributed by atoms with Crippen LogP contribution in [0.1, 0.15) is 0 Å². The molecule has 0 amide bonds. The number of rotatable bonds is 8. The van der Waals surface area contributed by atoms with Crippen LogP contribution in [0, 0.1) is 60.7 Å². The summed E-state index contributed by atoms with van der Waals surface area (Å²) in [5, 5.41) is 68.6. The third-order valence-electron chi connectivity index (χ3n) is 4.52. The minimum absolute atomic E-state index is 0.383. The van der Waals surface area contributed by atoms with E-state index >= 15 is 0 Å². The van der Waals surface area contributed by atoms with Crippen molar-refractivity contribution in [2.24, 2.45) is 4.99 Å². The minimum Gasteiger partial charge on any atom is -0.273 e. The molecule has 0 aliphatic rings. The molecule has 37 heavy (non-hydrogen) atoms. The van der Waals surface area contributed by atoms with Gasteiger partial charge in [0.1, 0.15) is 11.8 Å². The van der Waals surface area contributed by atoms with E-state index in [2.05, 4.69) is 9.98 Å². The van der Waals surface area contributed by atoms with Gasteiger partial charge in [-0.3, -0.25) is 65.3 Å². The quantitative estimate of drug-likeness (QED) is 0.307. The maximum atomic E-state index is 11.7. The van der Waals surface area contributed by atoms with Crippen molar-refractivity contribution in [2.75, 3.05) is 0 Å². The van der Waals surface area contributed by atoms with E-state index in [0.29, 0.717) is 28.8 Å². The van der Waals surface area contributed by atoms with E-state index in [1.165, 1.54) is 0 Å². The summed E-state index contributed by atoms with van der Waals surface area (Å²) in [7, 11) is 0. The van der Waals surface area contributed by atoms with Crippen LogP contribution in [0.4, 0.5) is 39.8 Å². The third-order valence-corrected chi connectivity index (χ3v) is 4.52. The van der Waals surface area contributed by atoms with Crippen LogP contribution in [-0.2, 0) is 0 Å². The first-order chi connectivity index (χ1) is 17.3. The van der Waals surface area contributed by atoms with Crippen LogP contribution in [0.5, 0.6) is 0 Å². The van der Waals surface area contributed by atoms with Crippen LogP contribution in [-0.4, -0.2) is 39.1 Å². The SMILES string of the molecule is O=[N+]([O-])c1cc([N+](=O)[O-])c(N=c2ccncn2-c2c([N+](=O)[O-])cc([N+](=O)[O-])cc2[N+](=O)[O-])c([N+](=O)[O-])c1. The fourth-order valence-corrected chi connectivity index (χ4v) is 3.04. The number of nitrogens with zero attached hydrogens (tertiary/aromatic N) is 9. The summed E-state index contributed by atoms with van der Waals surface area (Å²) in [4.78, 5) is 69.0. The lowest BCUT2D eigenvalue weighted by molar-refractivity contribution is -0.402. The molecule has 0 spiro atoms. The van der Waals surface area contributed by atoms with Crippen LogP contribution >= 0.6 is 0 Å². The van der Waals surface area contributed by atoms with Crippen molar-refractivity contribution < 1.29 is 29.5 Å². The predicted octanol–water partition coefficient (Wildman–Crippen LogP) is 2.55. The van der Waals surface area contributed by atoms with Gasteiger partial charge in [0.15, 0.2) is 0 Å². The van der Waals surface area contributed by atoms with Gasteiger partial charge in [0.05, 0.1) is 53.8 Å². The minimum atomic E-state index is -1.21. The topological polar surface area (TPSA) is 289 Å². The summed E-state index contributed by atoms with van der Waals surface area (Å²) in [6.45, 7) is 0. The molecule has 0 atom stereocenters. The fourth-order valence-electron chi connectivity index (χ4n) is 3.04. The van der Waals surface area contributed by atoms with Crippen molar-refractivity contribution in [3.05, 3.63) is 109 Å². The second-order valence-corrected chi connectivity index (χ2v) is 6.63. The highest BCUT2D eigenvalue weighted by Gasteiger charge is 2.34. The van der Waals surface area contributed by atoms with E-state index in [0.717, 1.165) is 18.6 Å². The zero-order valence-corrected chi connectivity index (χ0v) is 17.5. The van der Waals surface area contributed by atoms with Gasteiger partial charge in [-0.05, 0) is 6.07 Å². The highest BCUT2D eigenvalue weighted by Crippen LogP contribution is 2.40. The number of benzene rings is 2. The highest BCUT2D eigenvalue weighted by atomic mass is 16.6. The van der Waals surface area contributed by atoms with E-state index in [1.54, 1.807) is 0 Å². The average molecular weight is 517 g/mol. The second kappa shape index (κ2) is 9.53. The van der Waals surface area contributed by atoms with Crippen LogP contribution in [0.25, 0.3) is 5.69 Å². The summed E-state index contributed by atoms with van der Waals surface area (Å²) in [5.74, 6) is 0. The van der Waals surface area contributed by atoms with Crippen LogP contribution in [0.2, 0.25) is 0 Å². The Morgan fingerprint density at radius 3 is 1.41 bits per heavy atom. The summed E-state index contributed by atoms with van der Waals surface area (Å²) in [5.41, 5.74) is -9.32. The normalized spacial score (nSPS) is 11.1. The Morgan fingerprint density at radius 1 is 0.622 bits per heavy atom. The van der Waals surface area contributed by atoms with Crippen molar-refractivity contribution in [1.82, 2.24) is 9.55 Å². The summed E-state index contributed by atoms with van der Waals surface area (Å²) in [6.07, 6.45) is 1.70. The van der Waals surface area contributed by atoms with E-state index < -0.39 is 80.5 Å². The number of hydrogen-bond acceptors (Lipinski definition) is 14. The maximum absolute atomic E-state index is 11.7. The molecule has 1 aromatic heterocycles. The van der Waals surface area contributed by atoms with E-state index in [4.69, 9.17) is 0 Å². The van der Waals surface area contributed by atoms with Gasteiger partial charge >= 0.3 is 22.7 Å². The summed E-state index contributed by atoms with van der Waals surface area (Å²) in [6, 6.07) is 2.48. The third kappa shape index (κ3) is 4.84. The molecule has 0 saturated carbocycles. The molecule has 1 heterocycles. The van der Waals surface area contributed by atoms with E-state index in [-0.39, 0.29) is 0 Å².